The van der Waals surface area contributed by atoms with Gasteiger partial charge in [0.25, 0.3) is 0 Å². The van der Waals surface area contributed by atoms with E-state index in [1.54, 1.807) is 4.52 Å². The molecule has 2 aromatic heterocycles. The fraction of sp³-hybridized carbons (Fsp3) is 0.333. The molecule has 27 heavy (non-hydrogen) atoms. The fourth-order valence-corrected chi connectivity index (χ4v) is 4.04. The van der Waals surface area contributed by atoms with Crippen LogP contribution in [-0.2, 0) is 4.79 Å². The summed E-state index contributed by atoms with van der Waals surface area (Å²) in [6.07, 6.45) is 2.18. The Morgan fingerprint density at radius 2 is 1.93 bits per heavy atom. The number of rotatable bonds is 4. The molecule has 0 aliphatic carbocycles. The Kier molecular flexibility index (Phi) is 4.08. The van der Waals surface area contributed by atoms with Crippen LogP contribution in [0.5, 0.6) is 11.5 Å². The van der Waals surface area contributed by atoms with E-state index in [0.717, 1.165) is 42.9 Å². The van der Waals surface area contributed by atoms with E-state index in [2.05, 4.69) is 15.3 Å². The molecule has 0 unspecified atom stereocenters. The molecule has 1 saturated heterocycles. The molecule has 0 atom stereocenters. The van der Waals surface area contributed by atoms with Crippen molar-refractivity contribution in [1.82, 2.24) is 24.7 Å². The van der Waals surface area contributed by atoms with Crippen LogP contribution in [0.2, 0.25) is 0 Å². The number of nitrogens with zero attached hydrogens (tertiary/aromatic N) is 5. The highest BCUT2D eigenvalue weighted by Crippen LogP contribution is 2.35. The summed E-state index contributed by atoms with van der Waals surface area (Å²) in [5, 5.41) is 13.6. The van der Waals surface area contributed by atoms with E-state index < -0.39 is 0 Å². The van der Waals surface area contributed by atoms with Crippen molar-refractivity contribution in [2.75, 3.05) is 25.6 Å². The Bertz CT molecular complexity index is 1020. The molecule has 1 fully saturated rings. The van der Waals surface area contributed by atoms with Crippen LogP contribution in [-0.4, -0.2) is 56.3 Å². The van der Waals surface area contributed by atoms with Crippen LogP contribution in [0.15, 0.2) is 35.5 Å². The maximum Gasteiger partial charge on any atom is 0.233 e. The lowest BCUT2D eigenvalue weighted by atomic mass is 10.1. The second-order valence-corrected chi connectivity index (χ2v) is 7.36. The zero-order chi connectivity index (χ0) is 18.2. The van der Waals surface area contributed by atoms with Gasteiger partial charge < -0.3 is 14.4 Å². The van der Waals surface area contributed by atoms with Gasteiger partial charge in [0.05, 0.1) is 11.4 Å². The lowest BCUT2D eigenvalue weighted by Gasteiger charge is -2.14. The lowest BCUT2D eigenvalue weighted by Crippen LogP contribution is -2.29. The van der Waals surface area contributed by atoms with Crippen molar-refractivity contribution in [2.24, 2.45) is 0 Å². The number of ether oxygens (including phenoxy) is 2. The predicted molar refractivity (Wildman–Crippen MR) is 98.9 cm³/mol. The molecular formula is C18H17N5O3S. The van der Waals surface area contributed by atoms with Crippen LogP contribution in [0.3, 0.4) is 0 Å². The van der Waals surface area contributed by atoms with Gasteiger partial charge in [0, 0.05) is 18.7 Å². The molecule has 0 N–H and O–H groups in total. The highest BCUT2D eigenvalue weighted by atomic mass is 32.2. The predicted octanol–water partition coefficient (Wildman–Crippen LogP) is 2.23. The number of benzene rings is 1. The van der Waals surface area contributed by atoms with E-state index in [-0.39, 0.29) is 12.7 Å². The normalized spacial score (nSPS) is 15.6. The third kappa shape index (κ3) is 3.08. The van der Waals surface area contributed by atoms with Gasteiger partial charge in [-0.2, -0.15) is 9.61 Å². The quantitative estimate of drug-likeness (QED) is 0.639. The Morgan fingerprint density at radius 3 is 2.81 bits per heavy atom. The Hall–Kier alpha value is -2.81. The first kappa shape index (κ1) is 16.4. The maximum atomic E-state index is 12.3. The molecule has 0 bridgehead atoms. The van der Waals surface area contributed by atoms with Crippen LogP contribution in [0, 0.1) is 0 Å². The van der Waals surface area contributed by atoms with Crippen LogP contribution < -0.4 is 9.47 Å². The molecule has 2 aliphatic heterocycles. The molecule has 0 radical (unpaired) electrons. The van der Waals surface area contributed by atoms with E-state index in [1.807, 2.05) is 35.2 Å². The lowest BCUT2D eigenvalue weighted by molar-refractivity contribution is -0.127. The number of carbonyl (C=O) groups is 1. The van der Waals surface area contributed by atoms with Gasteiger partial charge in [0.15, 0.2) is 17.1 Å². The van der Waals surface area contributed by atoms with Gasteiger partial charge in [-0.25, -0.2) is 0 Å². The number of aromatic nitrogens is 4. The summed E-state index contributed by atoms with van der Waals surface area (Å²) in [6.45, 7) is 1.95. The topological polar surface area (TPSA) is 81.8 Å². The third-order valence-electron chi connectivity index (χ3n) is 4.69. The summed E-state index contributed by atoms with van der Waals surface area (Å²) < 4.78 is 12.5. The van der Waals surface area contributed by atoms with Crippen LogP contribution in [0.1, 0.15) is 12.8 Å². The zero-order valence-corrected chi connectivity index (χ0v) is 15.3. The van der Waals surface area contributed by atoms with E-state index in [9.17, 15) is 4.79 Å². The number of hydrogen-bond donors (Lipinski definition) is 0. The standard InChI is InChI=1S/C18H17N5O3S/c24-17(22-7-1-2-8-22)10-27-18-20-19-16-6-4-13(21-23(16)18)12-3-5-14-15(9-12)26-11-25-14/h3-6,9H,1-2,7-8,10-11H2. The summed E-state index contributed by atoms with van der Waals surface area (Å²) in [5.41, 5.74) is 2.34. The molecule has 0 spiro atoms. The summed E-state index contributed by atoms with van der Waals surface area (Å²) in [6, 6.07) is 9.48. The Labute approximate surface area is 159 Å². The van der Waals surface area contributed by atoms with Crippen LogP contribution in [0.25, 0.3) is 16.9 Å². The first-order valence-electron chi connectivity index (χ1n) is 8.81. The molecule has 4 heterocycles. The number of hydrogen-bond acceptors (Lipinski definition) is 7. The largest absolute Gasteiger partial charge is 0.454 e. The van der Waals surface area contributed by atoms with Crippen molar-refractivity contribution in [3.8, 4) is 22.8 Å². The van der Waals surface area contributed by atoms with Crippen molar-refractivity contribution in [2.45, 2.75) is 18.0 Å². The number of likely N-dealkylation sites (tertiary alicyclic amines) is 1. The van der Waals surface area contributed by atoms with E-state index in [1.165, 1.54) is 11.8 Å². The highest BCUT2D eigenvalue weighted by molar-refractivity contribution is 7.99. The van der Waals surface area contributed by atoms with Gasteiger partial charge >= 0.3 is 0 Å². The average molecular weight is 383 g/mol. The van der Waals surface area contributed by atoms with E-state index in [4.69, 9.17) is 9.47 Å². The summed E-state index contributed by atoms with van der Waals surface area (Å²) in [7, 11) is 0. The van der Waals surface area contributed by atoms with Gasteiger partial charge in [-0.15, -0.1) is 10.2 Å². The van der Waals surface area contributed by atoms with Crippen molar-refractivity contribution in [3.63, 3.8) is 0 Å². The monoisotopic (exact) mass is 383 g/mol. The number of fused-ring (bicyclic) bond motifs is 2. The molecule has 9 heteroatoms. The van der Waals surface area contributed by atoms with E-state index in [0.29, 0.717) is 22.3 Å². The minimum absolute atomic E-state index is 0.140. The second-order valence-electron chi connectivity index (χ2n) is 6.42. The van der Waals surface area contributed by atoms with Crippen LogP contribution >= 0.6 is 11.8 Å². The molecular weight excluding hydrogens is 366 g/mol. The molecule has 1 amide bonds. The van der Waals surface area contributed by atoms with Crippen molar-refractivity contribution in [1.29, 1.82) is 0 Å². The minimum Gasteiger partial charge on any atom is -0.454 e. The average Bonchev–Trinajstić information content (AvgIpc) is 3.45. The van der Waals surface area contributed by atoms with Crippen molar-refractivity contribution >= 4 is 23.3 Å². The molecule has 5 rings (SSSR count). The Morgan fingerprint density at radius 1 is 1.07 bits per heavy atom. The van der Waals surface area contributed by atoms with Gasteiger partial charge in [0.2, 0.25) is 17.9 Å². The summed E-state index contributed by atoms with van der Waals surface area (Å²) in [5.74, 6) is 1.93. The van der Waals surface area contributed by atoms with E-state index >= 15 is 0 Å². The second kappa shape index (κ2) is 6.73. The number of thioether (sulfide) groups is 1. The molecule has 138 valence electrons. The van der Waals surface area contributed by atoms with Crippen molar-refractivity contribution < 1.29 is 14.3 Å². The zero-order valence-electron chi connectivity index (χ0n) is 14.5. The van der Waals surface area contributed by atoms with Gasteiger partial charge in [-0.1, -0.05) is 11.8 Å². The molecule has 0 saturated carbocycles. The Balaban J connectivity index is 1.40. The smallest absolute Gasteiger partial charge is 0.233 e. The van der Waals surface area contributed by atoms with Crippen molar-refractivity contribution in [3.05, 3.63) is 30.3 Å². The molecule has 1 aromatic carbocycles. The first-order chi connectivity index (χ1) is 13.3. The summed E-state index contributed by atoms with van der Waals surface area (Å²) in [4.78, 5) is 14.2. The highest BCUT2D eigenvalue weighted by Gasteiger charge is 2.20. The maximum absolute atomic E-state index is 12.3. The van der Waals surface area contributed by atoms with Gasteiger partial charge in [0.1, 0.15) is 0 Å². The van der Waals surface area contributed by atoms with Gasteiger partial charge in [-0.05, 0) is 43.2 Å². The SMILES string of the molecule is O=C(CSc1nnc2ccc(-c3ccc4c(c3)OCO4)nn12)N1CCCC1. The minimum atomic E-state index is 0.140. The molecule has 3 aromatic rings. The molecule has 2 aliphatic rings. The number of amides is 1. The molecule has 8 nitrogen and oxygen atoms in total. The third-order valence-corrected chi connectivity index (χ3v) is 5.59. The van der Waals surface area contributed by atoms with Gasteiger partial charge in [-0.3, -0.25) is 4.79 Å². The number of carbonyl (C=O) groups excluding carboxylic acids is 1. The first-order valence-corrected chi connectivity index (χ1v) is 9.79. The van der Waals surface area contributed by atoms with Crippen LogP contribution in [0.4, 0.5) is 0 Å². The fourth-order valence-electron chi connectivity index (χ4n) is 3.25. The summed E-state index contributed by atoms with van der Waals surface area (Å²) >= 11 is 1.37.